The zero-order valence-electron chi connectivity index (χ0n) is 10.1. The van der Waals surface area contributed by atoms with Gasteiger partial charge in [-0.3, -0.25) is 14.9 Å². The Morgan fingerprint density at radius 2 is 2.28 bits per heavy atom. The first-order chi connectivity index (χ1) is 8.61. The second kappa shape index (κ2) is 5.18. The van der Waals surface area contributed by atoms with Crippen LogP contribution in [0.15, 0.2) is 18.5 Å². The van der Waals surface area contributed by atoms with Gasteiger partial charge in [-0.25, -0.2) is 0 Å². The Hall–Kier alpha value is -1.88. The summed E-state index contributed by atoms with van der Waals surface area (Å²) in [5.41, 5.74) is 2.06. The van der Waals surface area contributed by atoms with E-state index in [1.54, 1.807) is 12.3 Å². The van der Waals surface area contributed by atoms with Gasteiger partial charge in [0.1, 0.15) is 5.82 Å². The van der Waals surface area contributed by atoms with Crippen LogP contribution in [0.3, 0.4) is 0 Å². The van der Waals surface area contributed by atoms with E-state index in [2.05, 4.69) is 20.5 Å². The third kappa shape index (κ3) is 2.51. The van der Waals surface area contributed by atoms with Crippen molar-refractivity contribution < 1.29 is 4.79 Å². The molecule has 2 aromatic rings. The number of aromatic amines is 1. The highest BCUT2D eigenvalue weighted by molar-refractivity contribution is 6.34. The number of aromatic nitrogens is 3. The Labute approximate surface area is 110 Å². The summed E-state index contributed by atoms with van der Waals surface area (Å²) in [5.74, 6) is 0.297. The van der Waals surface area contributed by atoms with Crippen LogP contribution in [0.4, 0.5) is 5.82 Å². The summed E-state index contributed by atoms with van der Waals surface area (Å²) in [4.78, 5) is 16.1. The minimum absolute atomic E-state index is 0.300. The van der Waals surface area contributed by atoms with Crippen molar-refractivity contribution in [3.05, 3.63) is 40.3 Å². The van der Waals surface area contributed by atoms with E-state index in [4.69, 9.17) is 11.6 Å². The number of pyridine rings is 1. The first kappa shape index (κ1) is 12.6. The molecule has 94 valence electrons. The largest absolute Gasteiger partial charge is 0.307 e. The second-order valence-electron chi connectivity index (χ2n) is 3.88. The molecule has 0 fully saturated rings. The maximum atomic E-state index is 12.0. The van der Waals surface area contributed by atoms with E-state index in [0.717, 1.165) is 17.7 Å². The van der Waals surface area contributed by atoms with E-state index in [1.165, 1.54) is 6.20 Å². The maximum absolute atomic E-state index is 12.0. The van der Waals surface area contributed by atoms with Crippen molar-refractivity contribution in [2.24, 2.45) is 0 Å². The summed E-state index contributed by atoms with van der Waals surface area (Å²) in [5, 5.41) is 9.75. The normalized spacial score (nSPS) is 10.4. The van der Waals surface area contributed by atoms with Crippen LogP contribution in [0.5, 0.6) is 0 Å². The van der Waals surface area contributed by atoms with E-state index in [1.807, 2.05) is 13.8 Å². The van der Waals surface area contributed by atoms with Gasteiger partial charge in [-0.2, -0.15) is 5.10 Å². The van der Waals surface area contributed by atoms with Crippen molar-refractivity contribution in [1.82, 2.24) is 15.2 Å². The van der Waals surface area contributed by atoms with Crippen molar-refractivity contribution in [2.45, 2.75) is 20.3 Å². The summed E-state index contributed by atoms with van der Waals surface area (Å²) >= 11 is 6.01. The monoisotopic (exact) mass is 264 g/mol. The number of anilines is 1. The van der Waals surface area contributed by atoms with E-state index >= 15 is 0 Å². The molecule has 5 nitrogen and oxygen atoms in total. The molecule has 0 radical (unpaired) electrons. The lowest BCUT2D eigenvalue weighted by Crippen LogP contribution is -2.14. The van der Waals surface area contributed by atoms with Crippen LogP contribution in [-0.4, -0.2) is 21.1 Å². The summed E-state index contributed by atoms with van der Waals surface area (Å²) in [7, 11) is 0. The summed E-state index contributed by atoms with van der Waals surface area (Å²) in [6, 6.07) is 1.66. The Bertz CT molecular complexity index is 579. The average molecular weight is 265 g/mol. The van der Waals surface area contributed by atoms with Crippen LogP contribution in [0.25, 0.3) is 0 Å². The van der Waals surface area contributed by atoms with E-state index in [0.29, 0.717) is 16.4 Å². The molecule has 0 atom stereocenters. The molecule has 18 heavy (non-hydrogen) atoms. The molecule has 2 N–H and O–H groups in total. The van der Waals surface area contributed by atoms with Gasteiger partial charge >= 0.3 is 0 Å². The molecule has 0 aliphatic carbocycles. The van der Waals surface area contributed by atoms with Crippen LogP contribution < -0.4 is 5.32 Å². The number of amides is 1. The molecule has 0 aromatic carbocycles. The van der Waals surface area contributed by atoms with Crippen LogP contribution in [-0.2, 0) is 6.42 Å². The zero-order chi connectivity index (χ0) is 13.1. The number of aryl methyl sites for hydroxylation is 2. The van der Waals surface area contributed by atoms with Gasteiger partial charge < -0.3 is 5.32 Å². The predicted molar refractivity (Wildman–Crippen MR) is 69.9 cm³/mol. The minimum atomic E-state index is -0.300. The fourth-order valence-electron chi connectivity index (χ4n) is 1.56. The standard InChI is InChI=1S/C12H13ClN4O/c1-3-8-5-15-17-11(8)16-12(18)9-6-14-7(2)4-10(9)13/h4-6H,3H2,1-2H3,(H2,15,16,17,18). The summed E-state index contributed by atoms with van der Waals surface area (Å²) in [6.07, 6.45) is 3.94. The molecule has 2 aromatic heterocycles. The van der Waals surface area contributed by atoms with Gasteiger partial charge in [0.25, 0.3) is 5.91 Å². The zero-order valence-corrected chi connectivity index (χ0v) is 10.9. The van der Waals surface area contributed by atoms with E-state index < -0.39 is 0 Å². The Morgan fingerprint density at radius 1 is 1.50 bits per heavy atom. The number of hydrogen-bond acceptors (Lipinski definition) is 3. The number of rotatable bonds is 3. The first-order valence-corrected chi connectivity index (χ1v) is 5.95. The first-order valence-electron chi connectivity index (χ1n) is 5.57. The van der Waals surface area contributed by atoms with Gasteiger partial charge in [0, 0.05) is 17.5 Å². The topological polar surface area (TPSA) is 70.7 Å². The molecule has 2 rings (SSSR count). The van der Waals surface area contributed by atoms with Crippen molar-refractivity contribution in [3.8, 4) is 0 Å². The molecule has 0 saturated heterocycles. The lowest BCUT2D eigenvalue weighted by Gasteiger charge is -2.06. The highest BCUT2D eigenvalue weighted by atomic mass is 35.5. The van der Waals surface area contributed by atoms with Crippen LogP contribution >= 0.6 is 11.6 Å². The number of hydrogen-bond donors (Lipinski definition) is 2. The molecule has 0 bridgehead atoms. The number of halogens is 1. The van der Waals surface area contributed by atoms with E-state index in [9.17, 15) is 4.79 Å². The number of nitrogens with one attached hydrogen (secondary N) is 2. The van der Waals surface area contributed by atoms with Crippen LogP contribution in [0, 0.1) is 6.92 Å². The third-order valence-corrected chi connectivity index (χ3v) is 2.88. The quantitative estimate of drug-likeness (QED) is 0.895. The molecule has 0 spiro atoms. The Balaban J connectivity index is 2.22. The lowest BCUT2D eigenvalue weighted by atomic mass is 10.2. The number of H-pyrrole nitrogens is 1. The minimum Gasteiger partial charge on any atom is -0.307 e. The molecule has 0 unspecified atom stereocenters. The molecular weight excluding hydrogens is 252 g/mol. The lowest BCUT2D eigenvalue weighted by molar-refractivity contribution is 0.102. The highest BCUT2D eigenvalue weighted by Crippen LogP contribution is 2.18. The Kier molecular flexibility index (Phi) is 3.62. The maximum Gasteiger partial charge on any atom is 0.259 e. The molecule has 0 aliphatic heterocycles. The van der Waals surface area contributed by atoms with Crippen LogP contribution in [0.1, 0.15) is 28.5 Å². The molecule has 6 heteroatoms. The smallest absolute Gasteiger partial charge is 0.259 e. The van der Waals surface area contributed by atoms with Gasteiger partial charge in [-0.1, -0.05) is 18.5 Å². The molecule has 1 amide bonds. The summed E-state index contributed by atoms with van der Waals surface area (Å²) in [6.45, 7) is 3.80. The number of carbonyl (C=O) groups excluding carboxylic acids is 1. The van der Waals surface area contributed by atoms with Crippen molar-refractivity contribution in [1.29, 1.82) is 0 Å². The SMILES string of the molecule is CCc1cn[nH]c1NC(=O)c1cnc(C)cc1Cl. The fraction of sp³-hybridized carbons (Fsp3) is 0.250. The van der Waals surface area contributed by atoms with Crippen molar-refractivity contribution >= 4 is 23.3 Å². The average Bonchev–Trinajstić information content (AvgIpc) is 2.76. The van der Waals surface area contributed by atoms with Crippen molar-refractivity contribution in [2.75, 3.05) is 5.32 Å². The fourth-order valence-corrected chi connectivity index (χ4v) is 1.85. The third-order valence-electron chi connectivity index (χ3n) is 2.57. The van der Waals surface area contributed by atoms with Crippen molar-refractivity contribution in [3.63, 3.8) is 0 Å². The number of nitrogens with zero attached hydrogens (tertiary/aromatic N) is 2. The Morgan fingerprint density at radius 3 is 2.94 bits per heavy atom. The highest BCUT2D eigenvalue weighted by Gasteiger charge is 2.13. The van der Waals surface area contributed by atoms with Gasteiger partial charge in [0.05, 0.1) is 16.8 Å². The predicted octanol–water partition coefficient (Wildman–Crippen LogP) is 2.58. The van der Waals surface area contributed by atoms with Gasteiger partial charge in [-0.15, -0.1) is 0 Å². The van der Waals surface area contributed by atoms with E-state index in [-0.39, 0.29) is 5.91 Å². The molecular formula is C12H13ClN4O. The van der Waals surface area contributed by atoms with Gasteiger partial charge in [0.15, 0.2) is 0 Å². The van der Waals surface area contributed by atoms with Gasteiger partial charge in [0.2, 0.25) is 0 Å². The van der Waals surface area contributed by atoms with Gasteiger partial charge in [-0.05, 0) is 19.4 Å². The molecule has 0 aliphatic rings. The summed E-state index contributed by atoms with van der Waals surface area (Å²) < 4.78 is 0. The second-order valence-corrected chi connectivity index (χ2v) is 4.29. The van der Waals surface area contributed by atoms with Crippen LogP contribution in [0.2, 0.25) is 5.02 Å². The molecule has 0 saturated carbocycles. The number of carbonyl (C=O) groups is 1. The molecule has 2 heterocycles.